The van der Waals surface area contributed by atoms with Crippen molar-refractivity contribution in [2.45, 2.75) is 71.0 Å². The van der Waals surface area contributed by atoms with Crippen molar-refractivity contribution >= 4 is 0 Å². The van der Waals surface area contributed by atoms with Crippen molar-refractivity contribution in [3.63, 3.8) is 0 Å². The van der Waals surface area contributed by atoms with Crippen LogP contribution in [0.3, 0.4) is 0 Å². The maximum Gasteiger partial charge on any atom is 0.106 e. The van der Waals surface area contributed by atoms with E-state index in [-0.39, 0.29) is 12.2 Å². The molecular formula is C25H34O2. The lowest BCUT2D eigenvalue weighted by atomic mass is 10.00. The van der Waals surface area contributed by atoms with E-state index in [1.54, 1.807) is 0 Å². The van der Waals surface area contributed by atoms with E-state index >= 15 is 0 Å². The van der Waals surface area contributed by atoms with E-state index in [1.165, 1.54) is 54.4 Å². The zero-order chi connectivity index (χ0) is 18.9. The molecule has 0 spiro atoms. The molecule has 0 radical (unpaired) electrons. The average Bonchev–Trinajstić information content (AvgIpc) is 2.74. The Balaban J connectivity index is 1.47. The van der Waals surface area contributed by atoms with Gasteiger partial charge in [0.2, 0.25) is 0 Å². The molecule has 0 unspecified atom stereocenters. The van der Waals surface area contributed by atoms with E-state index in [2.05, 4.69) is 62.4 Å². The molecule has 3 rings (SSSR count). The molecule has 0 aliphatic carbocycles. The molecule has 0 amide bonds. The topological polar surface area (TPSA) is 18.5 Å². The van der Waals surface area contributed by atoms with Gasteiger partial charge in [-0.05, 0) is 35.1 Å². The van der Waals surface area contributed by atoms with Crippen molar-refractivity contribution in [2.24, 2.45) is 0 Å². The van der Waals surface area contributed by atoms with Gasteiger partial charge in [0.15, 0.2) is 0 Å². The van der Waals surface area contributed by atoms with E-state index in [9.17, 15) is 0 Å². The Hall–Kier alpha value is -1.64. The Bertz CT molecular complexity index is 652. The van der Waals surface area contributed by atoms with Gasteiger partial charge in [-0.1, -0.05) is 94.5 Å². The molecule has 27 heavy (non-hydrogen) atoms. The molecule has 0 bridgehead atoms. The molecule has 146 valence electrons. The minimum atomic E-state index is 0.0675. The molecule has 2 aromatic rings. The van der Waals surface area contributed by atoms with Crippen molar-refractivity contribution in [3.05, 3.63) is 59.7 Å². The van der Waals surface area contributed by atoms with Crippen LogP contribution in [0, 0.1) is 0 Å². The minimum absolute atomic E-state index is 0.0675. The lowest BCUT2D eigenvalue weighted by Gasteiger charge is -2.30. The molecule has 1 aliphatic heterocycles. The quantitative estimate of drug-likeness (QED) is 0.458. The van der Waals surface area contributed by atoms with Crippen LogP contribution in [0.25, 0.3) is 11.1 Å². The van der Waals surface area contributed by atoms with Crippen LogP contribution >= 0.6 is 0 Å². The Morgan fingerprint density at radius 3 is 2.00 bits per heavy atom. The van der Waals surface area contributed by atoms with Crippen molar-refractivity contribution in [1.82, 2.24) is 0 Å². The van der Waals surface area contributed by atoms with Crippen LogP contribution in [0.1, 0.15) is 69.6 Å². The Morgan fingerprint density at radius 1 is 0.741 bits per heavy atom. The van der Waals surface area contributed by atoms with Crippen molar-refractivity contribution in [2.75, 3.05) is 13.2 Å². The zero-order valence-corrected chi connectivity index (χ0v) is 17.0. The minimum Gasteiger partial charge on any atom is -0.373 e. The average molecular weight is 367 g/mol. The molecule has 1 fully saturated rings. The highest BCUT2D eigenvalue weighted by atomic mass is 16.6. The molecule has 1 heterocycles. The number of aryl methyl sites for hydroxylation is 1. The SMILES string of the molecule is CCCCCCC[C@H]1CO[C@H](c2ccc(-c3ccc(CC)cc3)cc2)CO1. The van der Waals surface area contributed by atoms with Crippen LogP contribution in [0.15, 0.2) is 48.5 Å². The standard InChI is InChI=1S/C25H34O2/c1-3-5-6-7-8-9-24-18-27-25(19-26-24)23-16-14-22(15-17-23)21-12-10-20(4-2)11-13-21/h10-17,24-25H,3-9,18-19H2,1-2H3/t24-,25-/m0/s1. The number of ether oxygens (including phenoxy) is 2. The van der Waals surface area contributed by atoms with Gasteiger partial charge in [0.05, 0.1) is 19.3 Å². The number of unbranched alkanes of at least 4 members (excludes halogenated alkanes) is 4. The van der Waals surface area contributed by atoms with Crippen LogP contribution in [0.5, 0.6) is 0 Å². The number of hydrogen-bond acceptors (Lipinski definition) is 2. The molecule has 2 atom stereocenters. The summed E-state index contributed by atoms with van der Waals surface area (Å²) >= 11 is 0. The molecule has 1 saturated heterocycles. The lowest BCUT2D eigenvalue weighted by Crippen LogP contribution is -2.31. The van der Waals surface area contributed by atoms with Crippen molar-refractivity contribution < 1.29 is 9.47 Å². The fourth-order valence-electron chi connectivity index (χ4n) is 3.70. The normalized spacial score (nSPS) is 19.9. The number of rotatable bonds is 9. The summed E-state index contributed by atoms with van der Waals surface area (Å²) in [6.07, 6.45) is 9.12. The summed E-state index contributed by atoms with van der Waals surface area (Å²) in [6.45, 7) is 5.84. The highest BCUT2D eigenvalue weighted by molar-refractivity contribution is 5.64. The van der Waals surface area contributed by atoms with Gasteiger partial charge in [-0.2, -0.15) is 0 Å². The first-order valence-electron chi connectivity index (χ1n) is 10.7. The predicted octanol–water partition coefficient (Wildman–Crippen LogP) is 6.73. The summed E-state index contributed by atoms with van der Waals surface area (Å²) in [5.41, 5.74) is 5.11. The van der Waals surface area contributed by atoms with Crippen molar-refractivity contribution in [1.29, 1.82) is 0 Å². The van der Waals surface area contributed by atoms with Gasteiger partial charge in [0.25, 0.3) is 0 Å². The summed E-state index contributed by atoms with van der Waals surface area (Å²) < 4.78 is 12.2. The largest absolute Gasteiger partial charge is 0.373 e. The summed E-state index contributed by atoms with van der Waals surface area (Å²) in [6, 6.07) is 17.6. The first-order valence-corrected chi connectivity index (χ1v) is 10.7. The van der Waals surface area contributed by atoms with Gasteiger partial charge in [-0.3, -0.25) is 0 Å². The van der Waals surface area contributed by atoms with E-state index in [0.29, 0.717) is 6.61 Å². The molecule has 2 heteroatoms. The molecule has 0 saturated carbocycles. The van der Waals surface area contributed by atoms with E-state index < -0.39 is 0 Å². The van der Waals surface area contributed by atoms with Gasteiger partial charge in [0.1, 0.15) is 6.10 Å². The maximum absolute atomic E-state index is 6.11. The van der Waals surface area contributed by atoms with Crippen LogP contribution in [-0.2, 0) is 15.9 Å². The summed E-state index contributed by atoms with van der Waals surface area (Å²) in [4.78, 5) is 0. The van der Waals surface area contributed by atoms with Gasteiger partial charge in [-0.15, -0.1) is 0 Å². The van der Waals surface area contributed by atoms with Gasteiger partial charge in [-0.25, -0.2) is 0 Å². The van der Waals surface area contributed by atoms with E-state index in [0.717, 1.165) is 19.4 Å². The Labute approximate surface area is 164 Å². The lowest BCUT2D eigenvalue weighted by molar-refractivity contribution is -0.137. The smallest absolute Gasteiger partial charge is 0.106 e. The Kier molecular flexibility index (Phi) is 7.92. The zero-order valence-electron chi connectivity index (χ0n) is 17.0. The highest BCUT2D eigenvalue weighted by Crippen LogP contribution is 2.27. The molecule has 2 aromatic carbocycles. The summed E-state index contributed by atoms with van der Waals surface area (Å²) in [5.74, 6) is 0. The molecule has 0 aromatic heterocycles. The second-order valence-electron chi connectivity index (χ2n) is 7.65. The van der Waals surface area contributed by atoms with E-state index in [4.69, 9.17) is 9.47 Å². The van der Waals surface area contributed by atoms with Crippen LogP contribution in [-0.4, -0.2) is 19.3 Å². The predicted molar refractivity (Wildman–Crippen MR) is 113 cm³/mol. The molecule has 0 N–H and O–H groups in total. The first-order chi connectivity index (χ1) is 13.3. The highest BCUT2D eigenvalue weighted by Gasteiger charge is 2.23. The molecule has 2 nitrogen and oxygen atoms in total. The third-order valence-electron chi connectivity index (χ3n) is 5.57. The van der Waals surface area contributed by atoms with Gasteiger partial charge in [0, 0.05) is 0 Å². The Morgan fingerprint density at radius 2 is 1.41 bits per heavy atom. The van der Waals surface area contributed by atoms with Gasteiger partial charge >= 0.3 is 0 Å². The van der Waals surface area contributed by atoms with Crippen LogP contribution < -0.4 is 0 Å². The van der Waals surface area contributed by atoms with E-state index in [1.807, 2.05) is 0 Å². The monoisotopic (exact) mass is 366 g/mol. The second kappa shape index (κ2) is 10.6. The van der Waals surface area contributed by atoms with Crippen LogP contribution in [0.2, 0.25) is 0 Å². The summed E-state index contributed by atoms with van der Waals surface area (Å²) in [7, 11) is 0. The number of hydrogen-bond donors (Lipinski definition) is 0. The van der Waals surface area contributed by atoms with Crippen molar-refractivity contribution in [3.8, 4) is 11.1 Å². The second-order valence-corrected chi connectivity index (χ2v) is 7.65. The molecule has 1 aliphatic rings. The van der Waals surface area contributed by atoms with Crippen LogP contribution in [0.4, 0.5) is 0 Å². The fourth-order valence-corrected chi connectivity index (χ4v) is 3.70. The maximum atomic E-state index is 6.11. The third kappa shape index (κ3) is 5.92. The fraction of sp³-hybridized carbons (Fsp3) is 0.520. The first kappa shape index (κ1) is 20.1. The third-order valence-corrected chi connectivity index (χ3v) is 5.57. The molecular weight excluding hydrogens is 332 g/mol. The van der Waals surface area contributed by atoms with Gasteiger partial charge < -0.3 is 9.47 Å². The number of benzene rings is 2. The summed E-state index contributed by atoms with van der Waals surface area (Å²) in [5, 5.41) is 0.